The number of aryl methyl sites for hydroxylation is 1. The summed E-state index contributed by atoms with van der Waals surface area (Å²) in [6.07, 6.45) is 3.12. The van der Waals surface area contributed by atoms with Crippen molar-refractivity contribution in [2.24, 2.45) is 0 Å². The lowest BCUT2D eigenvalue weighted by Gasteiger charge is -2.23. The summed E-state index contributed by atoms with van der Waals surface area (Å²) in [5.74, 6) is 0.0638. The number of rotatable bonds is 9. The highest BCUT2D eigenvalue weighted by atomic mass is 16.6. The normalized spacial score (nSPS) is 16.1. The second-order valence-corrected chi connectivity index (χ2v) is 7.12. The second-order valence-electron chi connectivity index (χ2n) is 7.12. The highest BCUT2D eigenvalue weighted by molar-refractivity contribution is 5.89. The van der Waals surface area contributed by atoms with Crippen LogP contribution in [0.4, 0.5) is 4.79 Å². The molecule has 1 saturated heterocycles. The largest absolute Gasteiger partial charge is 0.445 e. The summed E-state index contributed by atoms with van der Waals surface area (Å²) in [6.45, 7) is 1.89. The van der Waals surface area contributed by atoms with Crippen LogP contribution in [0.25, 0.3) is 0 Å². The molecule has 0 saturated carbocycles. The van der Waals surface area contributed by atoms with E-state index >= 15 is 0 Å². The maximum Gasteiger partial charge on any atom is 0.410 e. The molecule has 1 aliphatic heterocycles. The number of ketones is 1. The molecular formula is C23H28N2O3. The number of carbonyl (C=O) groups is 2. The Labute approximate surface area is 166 Å². The number of Topliss-reactive ketones (excluding diaryl/α,β-unsaturated/α-hetero) is 1. The Hall–Kier alpha value is -2.66. The van der Waals surface area contributed by atoms with Gasteiger partial charge in [-0.25, -0.2) is 4.79 Å². The molecule has 1 fully saturated rings. The zero-order valence-corrected chi connectivity index (χ0v) is 16.2. The fourth-order valence-electron chi connectivity index (χ4n) is 3.51. The summed E-state index contributed by atoms with van der Waals surface area (Å²) in [4.78, 5) is 26.5. The fraction of sp³-hybridized carbons (Fsp3) is 0.391. The van der Waals surface area contributed by atoms with Crippen molar-refractivity contribution in [3.05, 3.63) is 71.8 Å². The molecule has 1 N–H and O–H groups in total. The van der Waals surface area contributed by atoms with Gasteiger partial charge in [-0.3, -0.25) is 9.69 Å². The van der Waals surface area contributed by atoms with Gasteiger partial charge >= 0.3 is 6.09 Å². The topological polar surface area (TPSA) is 58.6 Å². The lowest BCUT2D eigenvalue weighted by molar-refractivity contribution is -0.122. The first-order valence-corrected chi connectivity index (χ1v) is 9.99. The van der Waals surface area contributed by atoms with Gasteiger partial charge in [-0.2, -0.15) is 0 Å². The van der Waals surface area contributed by atoms with Crippen LogP contribution in [0, 0.1) is 0 Å². The molecule has 1 atom stereocenters. The Bertz CT molecular complexity index is 749. The van der Waals surface area contributed by atoms with Crippen molar-refractivity contribution < 1.29 is 14.3 Å². The Morgan fingerprint density at radius 2 is 1.68 bits per heavy atom. The summed E-state index contributed by atoms with van der Waals surface area (Å²) in [5.41, 5.74) is 2.25. The summed E-state index contributed by atoms with van der Waals surface area (Å²) < 4.78 is 5.40. The minimum absolute atomic E-state index is 0.0638. The van der Waals surface area contributed by atoms with Gasteiger partial charge in [0.1, 0.15) is 6.61 Å². The molecule has 2 aromatic rings. The van der Waals surface area contributed by atoms with E-state index in [0.29, 0.717) is 19.5 Å². The number of nitrogens with one attached hydrogen (secondary N) is 1. The van der Waals surface area contributed by atoms with Gasteiger partial charge in [0.2, 0.25) is 0 Å². The van der Waals surface area contributed by atoms with Crippen molar-refractivity contribution in [1.29, 1.82) is 0 Å². The zero-order chi connectivity index (χ0) is 19.6. The van der Waals surface area contributed by atoms with Crippen molar-refractivity contribution in [2.45, 2.75) is 38.3 Å². The molecule has 0 bridgehead atoms. The van der Waals surface area contributed by atoms with Crippen molar-refractivity contribution in [3.8, 4) is 0 Å². The molecule has 0 spiro atoms. The average molecular weight is 380 g/mol. The summed E-state index contributed by atoms with van der Waals surface area (Å²) in [7, 11) is 0. The fourth-order valence-corrected chi connectivity index (χ4v) is 3.51. The number of amides is 1. The highest BCUT2D eigenvalue weighted by Gasteiger charge is 2.34. The summed E-state index contributed by atoms with van der Waals surface area (Å²) in [5, 5.41) is 3.22. The van der Waals surface area contributed by atoms with Crippen LogP contribution in [0.15, 0.2) is 60.7 Å². The SMILES string of the molecule is O=C(CNCCCc1ccccc1)[C@@H]1CCCN1C(=O)OCc1ccccc1. The summed E-state index contributed by atoms with van der Waals surface area (Å²) >= 11 is 0. The number of nitrogens with zero attached hydrogens (tertiary/aromatic N) is 1. The molecule has 3 rings (SSSR count). The van der Waals surface area contributed by atoms with Crippen molar-refractivity contribution >= 4 is 11.9 Å². The minimum atomic E-state index is -0.399. The Morgan fingerprint density at radius 3 is 2.39 bits per heavy atom. The van der Waals surface area contributed by atoms with Gasteiger partial charge in [-0.15, -0.1) is 0 Å². The van der Waals surface area contributed by atoms with E-state index in [1.54, 1.807) is 4.90 Å². The van der Waals surface area contributed by atoms with Gasteiger partial charge in [-0.1, -0.05) is 60.7 Å². The van der Waals surface area contributed by atoms with E-state index in [9.17, 15) is 9.59 Å². The smallest absolute Gasteiger partial charge is 0.410 e. The molecule has 1 heterocycles. The quantitative estimate of drug-likeness (QED) is 0.676. The van der Waals surface area contributed by atoms with Gasteiger partial charge in [0.25, 0.3) is 0 Å². The van der Waals surface area contributed by atoms with Crippen LogP contribution in [-0.2, 0) is 22.6 Å². The lowest BCUT2D eigenvalue weighted by atomic mass is 10.1. The Morgan fingerprint density at radius 1 is 1.00 bits per heavy atom. The van der Waals surface area contributed by atoms with E-state index in [1.807, 2.05) is 48.5 Å². The minimum Gasteiger partial charge on any atom is -0.445 e. The lowest BCUT2D eigenvalue weighted by Crippen LogP contribution is -2.44. The summed E-state index contributed by atoms with van der Waals surface area (Å²) in [6, 6.07) is 19.5. The van der Waals surface area contributed by atoms with E-state index < -0.39 is 6.09 Å². The first-order valence-electron chi connectivity index (χ1n) is 9.99. The molecule has 0 aliphatic carbocycles. The second kappa shape index (κ2) is 10.6. The number of carbonyl (C=O) groups excluding carboxylic acids is 2. The van der Waals surface area contributed by atoms with E-state index in [4.69, 9.17) is 4.74 Å². The van der Waals surface area contributed by atoms with Crippen LogP contribution in [-0.4, -0.2) is 42.5 Å². The van der Waals surface area contributed by atoms with Crippen LogP contribution in [0.3, 0.4) is 0 Å². The van der Waals surface area contributed by atoms with Crippen LogP contribution >= 0.6 is 0 Å². The van der Waals surface area contributed by atoms with Crippen LogP contribution in [0.2, 0.25) is 0 Å². The molecule has 0 aromatic heterocycles. The van der Waals surface area contributed by atoms with Gasteiger partial charge in [0.15, 0.2) is 5.78 Å². The predicted octanol–water partition coefficient (Wildman–Crippen LogP) is 3.58. The molecular weight excluding hydrogens is 352 g/mol. The van der Waals surface area contributed by atoms with E-state index in [0.717, 1.165) is 31.4 Å². The number of hydrogen-bond donors (Lipinski definition) is 1. The maximum absolute atomic E-state index is 12.6. The molecule has 1 aliphatic rings. The van der Waals surface area contributed by atoms with Crippen molar-refractivity contribution in [3.63, 3.8) is 0 Å². The third-order valence-corrected chi connectivity index (χ3v) is 5.03. The van der Waals surface area contributed by atoms with Crippen molar-refractivity contribution in [2.75, 3.05) is 19.6 Å². The number of likely N-dealkylation sites (tertiary alicyclic amines) is 1. The van der Waals surface area contributed by atoms with E-state index in [-0.39, 0.29) is 18.4 Å². The van der Waals surface area contributed by atoms with Gasteiger partial charge in [0, 0.05) is 6.54 Å². The monoisotopic (exact) mass is 380 g/mol. The van der Waals surface area contributed by atoms with Crippen LogP contribution in [0.1, 0.15) is 30.4 Å². The third-order valence-electron chi connectivity index (χ3n) is 5.03. The third kappa shape index (κ3) is 5.92. The molecule has 0 radical (unpaired) electrons. The van der Waals surface area contributed by atoms with Gasteiger partial charge < -0.3 is 10.1 Å². The molecule has 28 heavy (non-hydrogen) atoms. The number of hydrogen-bond acceptors (Lipinski definition) is 4. The molecule has 5 nitrogen and oxygen atoms in total. The molecule has 148 valence electrons. The predicted molar refractivity (Wildman–Crippen MR) is 109 cm³/mol. The zero-order valence-electron chi connectivity index (χ0n) is 16.2. The molecule has 5 heteroatoms. The van der Waals surface area contributed by atoms with Crippen LogP contribution in [0.5, 0.6) is 0 Å². The van der Waals surface area contributed by atoms with Gasteiger partial charge in [0.05, 0.1) is 12.6 Å². The number of ether oxygens (including phenoxy) is 1. The Balaban J connectivity index is 1.38. The average Bonchev–Trinajstić information content (AvgIpc) is 3.23. The first-order chi connectivity index (χ1) is 13.7. The van der Waals surface area contributed by atoms with E-state index in [2.05, 4.69) is 17.4 Å². The first kappa shape index (κ1) is 20.1. The molecule has 0 unspecified atom stereocenters. The van der Waals surface area contributed by atoms with Crippen molar-refractivity contribution in [1.82, 2.24) is 10.2 Å². The molecule has 1 amide bonds. The van der Waals surface area contributed by atoms with E-state index in [1.165, 1.54) is 5.56 Å². The van der Waals surface area contributed by atoms with Gasteiger partial charge in [-0.05, 0) is 43.4 Å². The highest BCUT2D eigenvalue weighted by Crippen LogP contribution is 2.19. The number of benzene rings is 2. The standard InChI is InChI=1S/C23H28N2O3/c26-22(17-24-15-7-13-19-9-3-1-4-10-19)21-14-8-16-25(21)23(27)28-18-20-11-5-2-6-12-20/h1-6,9-12,21,24H,7-8,13-18H2/t21-/m0/s1. The Kier molecular flexibility index (Phi) is 7.62. The van der Waals surface area contributed by atoms with Crippen LogP contribution < -0.4 is 5.32 Å². The maximum atomic E-state index is 12.6. The molecule has 2 aromatic carbocycles.